The maximum absolute atomic E-state index is 12.6. The molecule has 8 heteroatoms. The quantitative estimate of drug-likeness (QED) is 0.540. The van der Waals surface area contributed by atoms with Gasteiger partial charge >= 0.3 is 5.97 Å². The lowest BCUT2D eigenvalue weighted by Crippen LogP contribution is -2.53. The third kappa shape index (κ3) is 4.73. The number of thioether (sulfide) groups is 1. The summed E-state index contributed by atoms with van der Waals surface area (Å²) in [6, 6.07) is 10.1. The zero-order valence-corrected chi connectivity index (χ0v) is 17.1. The Labute approximate surface area is 169 Å². The largest absolute Gasteiger partial charge is 0.464 e. The minimum absolute atomic E-state index is 0.175. The van der Waals surface area contributed by atoms with Crippen molar-refractivity contribution in [3.63, 3.8) is 0 Å². The number of hydrogen-bond donors (Lipinski definition) is 1. The smallest absolute Gasteiger partial charge is 0.331 e. The molecule has 0 aliphatic heterocycles. The van der Waals surface area contributed by atoms with Gasteiger partial charge in [0.05, 0.1) is 18.9 Å². The molecule has 0 spiro atoms. The van der Waals surface area contributed by atoms with Crippen LogP contribution in [0.25, 0.3) is 0 Å². The Hall–Kier alpha value is -2.35. The van der Waals surface area contributed by atoms with Gasteiger partial charge in [0.25, 0.3) is 0 Å². The van der Waals surface area contributed by atoms with E-state index in [9.17, 15) is 9.59 Å². The lowest BCUT2D eigenvalue weighted by atomic mass is 9.98. The first kappa shape index (κ1) is 20.4. The van der Waals surface area contributed by atoms with Crippen molar-refractivity contribution in [2.24, 2.45) is 0 Å². The van der Waals surface area contributed by atoms with Crippen LogP contribution >= 0.6 is 11.8 Å². The Morgan fingerprint density at radius 3 is 2.61 bits per heavy atom. The minimum atomic E-state index is -0.874. The Kier molecular flexibility index (Phi) is 6.72. The van der Waals surface area contributed by atoms with E-state index in [1.54, 1.807) is 6.92 Å². The van der Waals surface area contributed by atoms with Crippen LogP contribution in [0, 0.1) is 6.92 Å². The Morgan fingerprint density at radius 2 is 1.93 bits per heavy atom. The molecule has 0 radical (unpaired) electrons. The summed E-state index contributed by atoms with van der Waals surface area (Å²) in [6.07, 6.45) is 3.09. The number of aromatic nitrogens is 3. The van der Waals surface area contributed by atoms with Crippen LogP contribution in [-0.4, -0.2) is 44.5 Å². The molecule has 28 heavy (non-hydrogen) atoms. The number of carbonyl (C=O) groups is 2. The van der Waals surface area contributed by atoms with Crippen molar-refractivity contribution in [2.45, 2.75) is 56.8 Å². The van der Waals surface area contributed by atoms with Gasteiger partial charge in [-0.2, -0.15) is 0 Å². The van der Waals surface area contributed by atoms with Gasteiger partial charge in [0, 0.05) is 0 Å². The summed E-state index contributed by atoms with van der Waals surface area (Å²) in [5.41, 5.74) is 0.269. The first-order chi connectivity index (χ1) is 13.5. The van der Waals surface area contributed by atoms with Crippen LogP contribution in [0.5, 0.6) is 0 Å². The van der Waals surface area contributed by atoms with Crippen molar-refractivity contribution in [3.8, 4) is 0 Å². The van der Waals surface area contributed by atoms with Gasteiger partial charge in [0.1, 0.15) is 11.4 Å². The first-order valence-corrected chi connectivity index (χ1v) is 10.6. The average Bonchev–Trinajstić information content (AvgIpc) is 3.30. The van der Waals surface area contributed by atoms with E-state index in [2.05, 4.69) is 15.5 Å². The molecular formula is C20H26N4O3S. The summed E-state index contributed by atoms with van der Waals surface area (Å²) in [7, 11) is 0. The number of ether oxygens (including phenoxy) is 1. The molecule has 1 amide bonds. The van der Waals surface area contributed by atoms with Crippen LogP contribution in [0.1, 0.15) is 44.0 Å². The zero-order chi connectivity index (χ0) is 20.0. The third-order valence-corrected chi connectivity index (χ3v) is 5.89. The number of amides is 1. The highest BCUT2D eigenvalue weighted by atomic mass is 32.2. The van der Waals surface area contributed by atoms with Gasteiger partial charge in [-0.3, -0.25) is 4.79 Å². The second kappa shape index (κ2) is 9.23. The van der Waals surface area contributed by atoms with Gasteiger partial charge in [-0.25, -0.2) is 4.79 Å². The number of hydrogen-bond acceptors (Lipinski definition) is 6. The first-order valence-electron chi connectivity index (χ1n) is 9.59. The van der Waals surface area contributed by atoms with E-state index in [1.807, 2.05) is 41.8 Å². The number of esters is 1. The Bertz CT molecular complexity index is 816. The van der Waals surface area contributed by atoms with Crippen LogP contribution in [0.2, 0.25) is 0 Å². The van der Waals surface area contributed by atoms with Crippen molar-refractivity contribution in [2.75, 3.05) is 12.4 Å². The lowest BCUT2D eigenvalue weighted by Gasteiger charge is -2.27. The van der Waals surface area contributed by atoms with E-state index in [1.165, 1.54) is 11.8 Å². The summed E-state index contributed by atoms with van der Waals surface area (Å²) in [5.74, 6) is 0.458. The molecule has 2 aromatic rings. The molecule has 0 atom stereocenters. The molecule has 1 heterocycles. The van der Waals surface area contributed by atoms with Crippen LogP contribution in [-0.2, 0) is 20.9 Å². The fourth-order valence-electron chi connectivity index (χ4n) is 3.48. The van der Waals surface area contributed by atoms with Crippen LogP contribution in [0.4, 0.5) is 0 Å². The van der Waals surface area contributed by atoms with Crippen molar-refractivity contribution < 1.29 is 14.3 Å². The van der Waals surface area contributed by atoms with E-state index >= 15 is 0 Å². The molecule has 7 nitrogen and oxygen atoms in total. The maximum atomic E-state index is 12.6. The molecule has 1 saturated carbocycles. The van der Waals surface area contributed by atoms with Gasteiger partial charge in [0.2, 0.25) is 5.91 Å². The maximum Gasteiger partial charge on any atom is 0.331 e. The van der Waals surface area contributed by atoms with Crippen molar-refractivity contribution in [1.29, 1.82) is 0 Å². The van der Waals surface area contributed by atoms with E-state index in [-0.39, 0.29) is 17.6 Å². The predicted octanol–water partition coefficient (Wildman–Crippen LogP) is 2.72. The summed E-state index contributed by atoms with van der Waals surface area (Å²) in [4.78, 5) is 24.9. The van der Waals surface area contributed by atoms with Crippen LogP contribution < -0.4 is 5.32 Å². The van der Waals surface area contributed by atoms with Gasteiger partial charge < -0.3 is 14.6 Å². The predicted molar refractivity (Wildman–Crippen MR) is 107 cm³/mol. The standard InChI is InChI=1S/C20H26N4O3S/c1-3-27-18(26)20(11-7-8-12-20)21-17(25)14-28-19-23-22-15(2)24(19)13-16-9-5-4-6-10-16/h4-6,9-10H,3,7-8,11-14H2,1-2H3,(H,21,25). The normalized spacial score (nSPS) is 15.4. The zero-order valence-electron chi connectivity index (χ0n) is 16.3. The number of aryl methyl sites for hydroxylation is 1. The summed E-state index contributed by atoms with van der Waals surface area (Å²) >= 11 is 1.33. The Morgan fingerprint density at radius 1 is 1.21 bits per heavy atom. The molecule has 1 fully saturated rings. The topological polar surface area (TPSA) is 86.1 Å². The molecule has 1 N–H and O–H groups in total. The van der Waals surface area contributed by atoms with E-state index in [0.29, 0.717) is 31.1 Å². The molecule has 1 aromatic heterocycles. The summed E-state index contributed by atoms with van der Waals surface area (Å²) < 4.78 is 7.18. The number of carbonyl (C=O) groups excluding carboxylic acids is 2. The molecule has 3 rings (SSSR count). The number of nitrogens with one attached hydrogen (secondary N) is 1. The highest BCUT2D eigenvalue weighted by Gasteiger charge is 2.43. The molecule has 0 bridgehead atoms. The fourth-order valence-corrected chi connectivity index (χ4v) is 4.26. The van der Waals surface area contributed by atoms with Gasteiger partial charge in [-0.05, 0) is 32.3 Å². The van der Waals surface area contributed by atoms with Gasteiger partial charge in [0.15, 0.2) is 5.16 Å². The second-order valence-corrected chi connectivity index (χ2v) is 7.89. The van der Waals surface area contributed by atoms with Gasteiger partial charge in [-0.1, -0.05) is 54.9 Å². The molecule has 1 aliphatic rings. The third-order valence-electron chi connectivity index (χ3n) is 4.92. The van der Waals surface area contributed by atoms with Crippen molar-refractivity contribution in [1.82, 2.24) is 20.1 Å². The molecular weight excluding hydrogens is 376 g/mol. The van der Waals surface area contributed by atoms with Crippen molar-refractivity contribution >= 4 is 23.6 Å². The van der Waals surface area contributed by atoms with E-state index in [4.69, 9.17) is 4.74 Å². The number of benzene rings is 1. The highest BCUT2D eigenvalue weighted by molar-refractivity contribution is 7.99. The average molecular weight is 403 g/mol. The molecule has 0 unspecified atom stereocenters. The van der Waals surface area contributed by atoms with Crippen LogP contribution in [0.15, 0.2) is 35.5 Å². The monoisotopic (exact) mass is 402 g/mol. The fraction of sp³-hybridized carbons (Fsp3) is 0.500. The highest BCUT2D eigenvalue weighted by Crippen LogP contribution is 2.31. The summed E-state index contributed by atoms with van der Waals surface area (Å²) in [5, 5.41) is 12.0. The van der Waals surface area contributed by atoms with Gasteiger partial charge in [-0.15, -0.1) is 10.2 Å². The summed E-state index contributed by atoms with van der Waals surface area (Å²) in [6.45, 7) is 4.64. The number of nitrogens with zero attached hydrogens (tertiary/aromatic N) is 3. The van der Waals surface area contributed by atoms with E-state index in [0.717, 1.165) is 24.2 Å². The Balaban J connectivity index is 1.62. The van der Waals surface area contributed by atoms with Crippen LogP contribution in [0.3, 0.4) is 0 Å². The molecule has 0 saturated heterocycles. The molecule has 1 aromatic carbocycles. The molecule has 1 aliphatic carbocycles. The minimum Gasteiger partial charge on any atom is -0.464 e. The van der Waals surface area contributed by atoms with E-state index < -0.39 is 5.54 Å². The second-order valence-electron chi connectivity index (χ2n) is 6.95. The molecule has 150 valence electrons. The number of rotatable bonds is 8. The SMILES string of the molecule is CCOC(=O)C1(NC(=O)CSc2nnc(C)n2Cc2ccccc2)CCCC1. The van der Waals surface area contributed by atoms with Crippen molar-refractivity contribution in [3.05, 3.63) is 41.7 Å². The lowest BCUT2D eigenvalue weighted by molar-refractivity contribution is -0.152.